The summed E-state index contributed by atoms with van der Waals surface area (Å²) < 4.78 is 11.1. The number of carbonyl (C=O) groups is 1. The maximum Gasteiger partial charge on any atom is 0.228 e. The Morgan fingerprint density at radius 2 is 1.97 bits per heavy atom. The molecular weight excluding hydrogens is 376 g/mol. The second kappa shape index (κ2) is 11.1. The number of anilines is 1. The molecule has 5 heteroatoms. The number of carbonyl (C=O) groups excluding carboxylic acids is 1. The summed E-state index contributed by atoms with van der Waals surface area (Å²) in [6, 6.07) is 16.2. The Morgan fingerprint density at radius 1 is 1.17 bits per heavy atom. The van der Waals surface area contributed by atoms with Crippen LogP contribution in [0.1, 0.15) is 44.2 Å². The van der Waals surface area contributed by atoms with E-state index in [-0.39, 0.29) is 5.91 Å². The van der Waals surface area contributed by atoms with Gasteiger partial charge in [-0.15, -0.1) is 0 Å². The van der Waals surface area contributed by atoms with Crippen LogP contribution in [0.25, 0.3) is 0 Å². The summed E-state index contributed by atoms with van der Waals surface area (Å²) in [5.74, 6) is 0.729. The van der Waals surface area contributed by atoms with Crippen molar-refractivity contribution in [2.24, 2.45) is 0 Å². The third-order valence-electron chi connectivity index (χ3n) is 5.56. The number of benzene rings is 2. The fraction of sp³-hybridized carbons (Fsp3) is 0.480. The van der Waals surface area contributed by atoms with Gasteiger partial charge in [-0.1, -0.05) is 24.3 Å². The molecule has 0 aliphatic carbocycles. The van der Waals surface area contributed by atoms with Gasteiger partial charge in [-0.2, -0.15) is 0 Å². The van der Waals surface area contributed by atoms with Gasteiger partial charge in [0.05, 0.1) is 19.6 Å². The van der Waals surface area contributed by atoms with Gasteiger partial charge in [0.1, 0.15) is 5.75 Å². The van der Waals surface area contributed by atoms with E-state index in [0.29, 0.717) is 18.6 Å². The molecule has 0 spiro atoms. The number of amides is 1. The molecule has 0 unspecified atom stereocenters. The van der Waals surface area contributed by atoms with E-state index in [2.05, 4.69) is 36.2 Å². The average Bonchev–Trinajstić information content (AvgIpc) is 2.75. The van der Waals surface area contributed by atoms with Gasteiger partial charge in [-0.05, 0) is 68.5 Å². The van der Waals surface area contributed by atoms with E-state index in [1.165, 1.54) is 18.4 Å². The molecule has 2 aromatic carbocycles. The van der Waals surface area contributed by atoms with Crippen LogP contribution in [-0.4, -0.2) is 43.2 Å². The van der Waals surface area contributed by atoms with E-state index in [9.17, 15) is 4.79 Å². The molecule has 1 heterocycles. The van der Waals surface area contributed by atoms with Crippen molar-refractivity contribution in [2.45, 2.75) is 58.2 Å². The van der Waals surface area contributed by atoms with Crippen molar-refractivity contribution in [3.05, 3.63) is 59.7 Å². The Kier molecular flexibility index (Phi) is 8.29. The van der Waals surface area contributed by atoms with E-state index < -0.39 is 0 Å². The number of rotatable bonds is 9. The normalized spacial score (nSPS) is 16.6. The van der Waals surface area contributed by atoms with Crippen molar-refractivity contribution in [3.8, 4) is 5.75 Å². The van der Waals surface area contributed by atoms with Crippen LogP contribution in [0.5, 0.6) is 5.75 Å². The highest BCUT2D eigenvalue weighted by atomic mass is 16.5. The van der Waals surface area contributed by atoms with Gasteiger partial charge in [0.15, 0.2) is 0 Å². The summed E-state index contributed by atoms with van der Waals surface area (Å²) >= 11 is 0. The molecule has 1 aliphatic heterocycles. The molecule has 162 valence electrons. The van der Waals surface area contributed by atoms with Crippen LogP contribution in [0.15, 0.2) is 48.5 Å². The third-order valence-corrected chi connectivity index (χ3v) is 5.56. The molecule has 1 N–H and O–H groups in total. The first kappa shape index (κ1) is 22.3. The van der Waals surface area contributed by atoms with Crippen LogP contribution in [0, 0.1) is 0 Å². The van der Waals surface area contributed by atoms with Crippen LogP contribution in [0.3, 0.4) is 0 Å². The van der Waals surface area contributed by atoms with Crippen molar-refractivity contribution in [2.75, 3.05) is 25.6 Å². The van der Waals surface area contributed by atoms with Gasteiger partial charge in [-0.25, -0.2) is 0 Å². The maximum atomic E-state index is 12.4. The Bertz CT molecular complexity index is 798. The predicted octanol–water partition coefficient (Wildman–Crippen LogP) is 4.66. The second-order valence-corrected chi connectivity index (χ2v) is 8.29. The van der Waals surface area contributed by atoms with Crippen LogP contribution in [0.4, 0.5) is 5.69 Å². The largest absolute Gasteiger partial charge is 0.497 e. The summed E-state index contributed by atoms with van der Waals surface area (Å²) in [5.41, 5.74) is 2.99. The van der Waals surface area contributed by atoms with Crippen molar-refractivity contribution < 1.29 is 14.3 Å². The molecule has 0 radical (unpaired) electrons. The molecule has 1 amide bonds. The Morgan fingerprint density at radius 3 is 2.63 bits per heavy atom. The molecule has 0 bridgehead atoms. The minimum absolute atomic E-state index is 0.0331. The molecule has 3 rings (SSSR count). The number of methoxy groups -OCH3 is 1. The SMILES string of the molecule is COc1cccc(CC(=O)Nc2ccc(CN(C[C@@H]3CCCCO3)C(C)C)cc2)c1. The lowest BCUT2D eigenvalue weighted by molar-refractivity contribution is -0.115. The quantitative estimate of drug-likeness (QED) is 0.653. The zero-order valence-corrected chi connectivity index (χ0v) is 18.4. The van der Waals surface area contributed by atoms with Gasteiger partial charge in [0, 0.05) is 31.4 Å². The minimum atomic E-state index is -0.0331. The van der Waals surface area contributed by atoms with Crippen molar-refractivity contribution in [1.29, 1.82) is 0 Å². The lowest BCUT2D eigenvalue weighted by Gasteiger charge is -2.32. The lowest BCUT2D eigenvalue weighted by Crippen LogP contribution is -2.39. The summed E-state index contributed by atoms with van der Waals surface area (Å²) in [4.78, 5) is 14.8. The summed E-state index contributed by atoms with van der Waals surface area (Å²) in [6.45, 7) is 7.21. The molecule has 1 atom stereocenters. The Hall–Kier alpha value is -2.37. The first-order valence-corrected chi connectivity index (χ1v) is 10.9. The number of ether oxygens (including phenoxy) is 2. The molecule has 2 aromatic rings. The van der Waals surface area contributed by atoms with Crippen molar-refractivity contribution in [1.82, 2.24) is 4.90 Å². The van der Waals surface area contributed by atoms with Gasteiger partial charge in [0.2, 0.25) is 5.91 Å². The fourth-order valence-corrected chi connectivity index (χ4v) is 3.77. The zero-order chi connectivity index (χ0) is 21.3. The highest BCUT2D eigenvalue weighted by Crippen LogP contribution is 2.19. The zero-order valence-electron chi connectivity index (χ0n) is 18.4. The number of nitrogens with zero attached hydrogens (tertiary/aromatic N) is 1. The highest BCUT2D eigenvalue weighted by molar-refractivity contribution is 5.92. The number of hydrogen-bond acceptors (Lipinski definition) is 4. The molecule has 1 fully saturated rings. The van der Waals surface area contributed by atoms with Gasteiger partial charge < -0.3 is 14.8 Å². The summed E-state index contributed by atoms with van der Waals surface area (Å²) in [5, 5.41) is 2.98. The molecule has 30 heavy (non-hydrogen) atoms. The van der Waals surface area contributed by atoms with E-state index in [1.807, 2.05) is 36.4 Å². The Balaban J connectivity index is 1.53. The first-order chi connectivity index (χ1) is 14.5. The molecule has 5 nitrogen and oxygen atoms in total. The first-order valence-electron chi connectivity index (χ1n) is 10.9. The van der Waals surface area contributed by atoms with E-state index in [1.54, 1.807) is 7.11 Å². The number of hydrogen-bond donors (Lipinski definition) is 1. The van der Waals surface area contributed by atoms with Crippen molar-refractivity contribution in [3.63, 3.8) is 0 Å². The van der Waals surface area contributed by atoms with Gasteiger partial charge in [0.25, 0.3) is 0 Å². The van der Waals surface area contributed by atoms with Crippen LogP contribution >= 0.6 is 0 Å². The van der Waals surface area contributed by atoms with Crippen LogP contribution < -0.4 is 10.1 Å². The molecular formula is C25H34N2O3. The topological polar surface area (TPSA) is 50.8 Å². The summed E-state index contributed by atoms with van der Waals surface area (Å²) in [6.07, 6.45) is 4.27. The molecule has 0 saturated carbocycles. The van der Waals surface area contributed by atoms with E-state index in [0.717, 1.165) is 43.1 Å². The fourth-order valence-electron chi connectivity index (χ4n) is 3.77. The van der Waals surface area contributed by atoms with E-state index >= 15 is 0 Å². The van der Waals surface area contributed by atoms with Gasteiger partial charge in [-0.3, -0.25) is 9.69 Å². The van der Waals surface area contributed by atoms with E-state index in [4.69, 9.17) is 9.47 Å². The van der Waals surface area contributed by atoms with Crippen LogP contribution in [0.2, 0.25) is 0 Å². The minimum Gasteiger partial charge on any atom is -0.497 e. The number of nitrogens with one attached hydrogen (secondary N) is 1. The molecule has 0 aromatic heterocycles. The smallest absolute Gasteiger partial charge is 0.228 e. The maximum absolute atomic E-state index is 12.4. The Labute approximate surface area is 180 Å². The molecule has 1 saturated heterocycles. The van der Waals surface area contributed by atoms with Crippen LogP contribution in [-0.2, 0) is 22.5 Å². The lowest BCUT2D eigenvalue weighted by atomic mass is 10.1. The monoisotopic (exact) mass is 410 g/mol. The van der Waals surface area contributed by atoms with Gasteiger partial charge >= 0.3 is 0 Å². The molecule has 1 aliphatic rings. The van der Waals surface area contributed by atoms with Crippen molar-refractivity contribution >= 4 is 11.6 Å². The average molecular weight is 411 g/mol. The highest BCUT2D eigenvalue weighted by Gasteiger charge is 2.19. The third kappa shape index (κ3) is 6.85. The second-order valence-electron chi connectivity index (χ2n) is 8.29. The summed E-state index contributed by atoms with van der Waals surface area (Å²) in [7, 11) is 1.63. The standard InChI is InChI=1S/C25H34N2O3/c1-19(2)27(18-24-8-4-5-14-30-24)17-20-10-12-22(13-11-20)26-25(28)16-21-7-6-9-23(15-21)29-3/h6-7,9-13,15,19,24H,4-5,8,14,16-18H2,1-3H3,(H,26,28)/t24-/m0/s1. The predicted molar refractivity (Wildman–Crippen MR) is 121 cm³/mol.